The predicted octanol–water partition coefficient (Wildman–Crippen LogP) is 11.8. The van der Waals surface area contributed by atoms with Gasteiger partial charge in [-0.25, -0.2) is 0 Å². The molecule has 1 N–H and O–H groups in total. The number of ketones is 1. The summed E-state index contributed by atoms with van der Waals surface area (Å²) in [4.78, 5) is 16.8. The number of fused-ring (bicyclic) bond motifs is 6. The number of aliphatic hydroxyl groups excluding tert-OH is 1. The van der Waals surface area contributed by atoms with Gasteiger partial charge in [0.05, 0.1) is 5.76 Å². The van der Waals surface area contributed by atoms with Gasteiger partial charge in [0, 0.05) is 54.5 Å². The van der Waals surface area contributed by atoms with E-state index in [1.807, 2.05) is 65.0 Å². The number of para-hydroxylation sites is 1. The van der Waals surface area contributed by atoms with Crippen LogP contribution in [0.4, 0.5) is 0 Å². The third-order valence-corrected chi connectivity index (χ3v) is 9.03. The van der Waals surface area contributed by atoms with Gasteiger partial charge in [0.25, 0.3) is 0 Å². The van der Waals surface area contributed by atoms with Crippen LogP contribution in [0.3, 0.4) is 0 Å². The largest absolute Gasteiger partial charge is 0.512 e. The topological polar surface area (TPSA) is 76.5 Å². The van der Waals surface area contributed by atoms with Crippen molar-refractivity contribution in [2.45, 2.75) is 86.5 Å². The molecule has 0 amide bonds. The van der Waals surface area contributed by atoms with Crippen LogP contribution in [0.15, 0.2) is 81.3 Å². The molecular weight excluding hydrogens is 763 g/mol. The molecule has 0 saturated heterocycles. The monoisotopic (exact) mass is 809 g/mol. The Kier molecular flexibility index (Phi) is 11.5. The molecule has 6 aromatic rings. The van der Waals surface area contributed by atoms with E-state index >= 15 is 0 Å². The number of carbonyl (C=O) groups is 1. The second-order valence-corrected chi connectivity index (χ2v) is 13.2. The zero-order valence-corrected chi connectivity index (χ0v) is 31.2. The van der Waals surface area contributed by atoms with Gasteiger partial charge in [-0.15, -0.1) is 29.1 Å². The van der Waals surface area contributed by atoms with Gasteiger partial charge >= 0.3 is 0 Å². The first-order valence-corrected chi connectivity index (χ1v) is 16.6. The number of carbonyl (C=O) groups excluding carboxylic acids is 1. The molecule has 0 bridgehead atoms. The summed E-state index contributed by atoms with van der Waals surface area (Å²) in [5.41, 5.74) is 6.20. The van der Waals surface area contributed by atoms with Crippen molar-refractivity contribution in [3.8, 4) is 11.3 Å². The minimum Gasteiger partial charge on any atom is -0.512 e. The van der Waals surface area contributed by atoms with Crippen LogP contribution < -0.4 is 0 Å². The molecule has 5 nitrogen and oxygen atoms in total. The first-order chi connectivity index (χ1) is 22.0. The number of rotatable bonds is 8. The molecule has 3 aromatic carbocycles. The number of allylic oxidation sites excluding steroid dienone is 2. The van der Waals surface area contributed by atoms with Gasteiger partial charge in [0.2, 0.25) is 0 Å². The van der Waals surface area contributed by atoms with E-state index < -0.39 is 0 Å². The normalized spacial score (nSPS) is 12.3. The van der Waals surface area contributed by atoms with Crippen molar-refractivity contribution < 1.29 is 38.8 Å². The maximum Gasteiger partial charge on any atom is 0.195 e. The van der Waals surface area contributed by atoms with Crippen LogP contribution in [-0.2, 0) is 30.3 Å². The molecule has 3 heterocycles. The van der Waals surface area contributed by atoms with Crippen molar-refractivity contribution in [1.82, 2.24) is 4.98 Å². The summed E-state index contributed by atoms with van der Waals surface area (Å²) in [5, 5.41) is 14.0. The first kappa shape index (κ1) is 36.1. The molecule has 0 unspecified atom stereocenters. The second-order valence-electron chi connectivity index (χ2n) is 13.2. The van der Waals surface area contributed by atoms with Crippen molar-refractivity contribution in [1.29, 1.82) is 0 Å². The Morgan fingerprint density at radius 1 is 0.851 bits per heavy atom. The van der Waals surface area contributed by atoms with Crippen LogP contribution >= 0.6 is 0 Å². The molecule has 0 saturated carbocycles. The molecule has 0 aliphatic heterocycles. The van der Waals surface area contributed by atoms with Gasteiger partial charge in [-0.3, -0.25) is 9.78 Å². The molecule has 6 rings (SSSR count). The first-order valence-electron chi connectivity index (χ1n) is 16.6. The van der Waals surface area contributed by atoms with Crippen LogP contribution in [0.2, 0.25) is 0 Å². The maximum atomic E-state index is 11.7. The Morgan fingerprint density at radius 3 is 2.11 bits per heavy atom. The zero-order chi connectivity index (χ0) is 33.2. The Morgan fingerprint density at radius 2 is 1.47 bits per heavy atom. The van der Waals surface area contributed by atoms with Crippen molar-refractivity contribution in [3.05, 3.63) is 89.9 Å². The number of hydrogen-bond donors (Lipinski definition) is 1. The number of hydrogen-bond acceptors (Lipinski definition) is 5. The summed E-state index contributed by atoms with van der Waals surface area (Å²) in [6, 6.07) is 24.4. The number of nitrogens with zero attached hydrogens (tertiary/aromatic N) is 1. The van der Waals surface area contributed by atoms with Crippen molar-refractivity contribution in [2.24, 2.45) is 11.8 Å². The van der Waals surface area contributed by atoms with E-state index in [1.165, 1.54) is 17.0 Å². The summed E-state index contributed by atoms with van der Waals surface area (Å²) < 4.78 is 12.3. The standard InChI is InChI=1S/C28H22NO2.C13H24O2.Ir/c1-16-13-21-24(18-14-17-9-5-6-10-19(17)22(15-18)28(2,3)4)29-25-20-11-7-8-12-23(20)31-27(25)26(21)30-16;1-5-10(6-2)12(14)9-13(15)11(7-3)8-4;/h5-13,15H,1-4H3;9-11,14H,5-8H2,1-4H3;/q-1;;/b;12-9-;. The summed E-state index contributed by atoms with van der Waals surface area (Å²) in [6.07, 6.45) is 4.91. The Labute approximate surface area is 291 Å². The van der Waals surface area contributed by atoms with Crippen LogP contribution in [0, 0.1) is 24.8 Å². The second kappa shape index (κ2) is 15.0. The molecule has 0 fully saturated rings. The number of benzene rings is 3. The molecule has 0 atom stereocenters. The fourth-order valence-corrected chi connectivity index (χ4v) is 6.29. The SMILES string of the molecule is CCC(CC)C(=O)/C=C(\O)C(CC)CC.Cc1cc2c(-c3[c-]c4ccccc4c(C(C)(C)C)c3)nc3c4ccccc4oc3c2o1.[Ir]. The molecule has 0 aliphatic carbocycles. The quantitative estimate of drug-likeness (QED) is 0.0941. The number of pyridine rings is 1. The molecule has 3 aromatic heterocycles. The summed E-state index contributed by atoms with van der Waals surface area (Å²) in [6.45, 7) is 16.8. The molecular formula is C41H46IrNO4-. The third kappa shape index (κ3) is 7.40. The van der Waals surface area contributed by atoms with E-state index in [4.69, 9.17) is 13.8 Å². The van der Waals surface area contributed by atoms with Gasteiger partial charge in [-0.1, -0.05) is 89.7 Å². The Hall–Kier alpha value is -3.73. The van der Waals surface area contributed by atoms with Crippen molar-refractivity contribution >= 4 is 49.6 Å². The van der Waals surface area contributed by atoms with Crippen molar-refractivity contribution in [2.75, 3.05) is 0 Å². The molecule has 47 heavy (non-hydrogen) atoms. The number of furan rings is 2. The number of aromatic nitrogens is 1. The fraction of sp³-hybridized carbons (Fsp3) is 0.366. The van der Waals surface area contributed by atoms with E-state index in [9.17, 15) is 9.90 Å². The Balaban J connectivity index is 0.000000269. The van der Waals surface area contributed by atoms with Crippen LogP contribution in [0.25, 0.3) is 55.1 Å². The summed E-state index contributed by atoms with van der Waals surface area (Å²) >= 11 is 0. The van der Waals surface area contributed by atoms with Crippen LogP contribution in [-0.4, -0.2) is 15.9 Å². The zero-order valence-electron chi connectivity index (χ0n) is 28.8. The molecule has 0 aliphatic rings. The van der Waals surface area contributed by atoms with Crippen molar-refractivity contribution in [3.63, 3.8) is 0 Å². The number of aryl methyl sites for hydroxylation is 1. The Bertz CT molecular complexity index is 2030. The van der Waals surface area contributed by atoms with E-state index in [0.29, 0.717) is 5.58 Å². The minimum absolute atomic E-state index is 0. The molecule has 249 valence electrons. The van der Waals surface area contributed by atoms with E-state index in [-0.39, 0.29) is 48.9 Å². The smallest absolute Gasteiger partial charge is 0.195 e. The minimum atomic E-state index is -0.0126. The average Bonchev–Trinajstić information content (AvgIpc) is 3.61. The van der Waals surface area contributed by atoms with E-state index in [2.05, 4.69) is 57.2 Å². The fourth-order valence-electron chi connectivity index (χ4n) is 6.29. The van der Waals surface area contributed by atoms with E-state index in [1.54, 1.807) is 0 Å². The van der Waals surface area contributed by atoms with E-state index in [0.717, 1.165) is 75.5 Å². The van der Waals surface area contributed by atoms with Gasteiger partial charge < -0.3 is 13.9 Å². The maximum absolute atomic E-state index is 11.7. The third-order valence-electron chi connectivity index (χ3n) is 9.03. The van der Waals surface area contributed by atoms with Crippen LogP contribution in [0.1, 0.15) is 85.5 Å². The van der Waals surface area contributed by atoms with Gasteiger partial charge in [-0.05, 0) is 56.2 Å². The predicted molar refractivity (Wildman–Crippen MR) is 190 cm³/mol. The summed E-state index contributed by atoms with van der Waals surface area (Å²) in [5.74, 6) is 1.38. The van der Waals surface area contributed by atoms with Gasteiger partial charge in [-0.2, -0.15) is 0 Å². The average molecular weight is 809 g/mol. The molecule has 0 spiro atoms. The van der Waals surface area contributed by atoms with Gasteiger partial charge in [0.15, 0.2) is 16.9 Å². The van der Waals surface area contributed by atoms with Gasteiger partial charge in [0.1, 0.15) is 16.9 Å². The summed E-state index contributed by atoms with van der Waals surface area (Å²) in [7, 11) is 0. The van der Waals surface area contributed by atoms with Crippen LogP contribution in [0.5, 0.6) is 0 Å². The molecule has 6 heteroatoms. The number of aliphatic hydroxyl groups is 1. The molecule has 1 radical (unpaired) electrons.